The zero-order chi connectivity index (χ0) is 22.4. The Morgan fingerprint density at radius 3 is 2.06 bits per heavy atom. The number of aryl methyl sites for hydroxylation is 2. The smallest absolute Gasteiger partial charge is 0.410 e. The standard InChI is InChI=1S/C26H36N2O3/c1-20-16-21(2)18-24(17-20)30-15-10-22-6-8-23(9-7-22)19-27-11-13-28(14-12-27)25(29)31-26(3,4)5/h6-9,16-18H,10-15,19H2,1-5H3. The third-order valence-corrected chi connectivity index (χ3v) is 5.31. The average Bonchev–Trinajstić information content (AvgIpc) is 2.68. The largest absolute Gasteiger partial charge is 0.493 e. The number of hydrogen-bond donors (Lipinski definition) is 0. The first-order valence-electron chi connectivity index (χ1n) is 11.2. The van der Waals surface area contributed by atoms with E-state index in [1.807, 2.05) is 20.8 Å². The van der Waals surface area contributed by atoms with Crippen LogP contribution in [0.3, 0.4) is 0 Å². The number of benzene rings is 2. The molecule has 168 valence electrons. The third kappa shape index (κ3) is 7.59. The van der Waals surface area contributed by atoms with Crippen LogP contribution in [-0.2, 0) is 17.7 Å². The molecule has 0 N–H and O–H groups in total. The lowest BCUT2D eigenvalue weighted by Crippen LogP contribution is -2.49. The number of carbonyl (C=O) groups is 1. The van der Waals surface area contributed by atoms with Crippen LogP contribution in [0, 0.1) is 13.8 Å². The quantitative estimate of drug-likeness (QED) is 0.656. The number of hydrogen-bond acceptors (Lipinski definition) is 4. The van der Waals surface area contributed by atoms with Crippen LogP contribution in [0.5, 0.6) is 5.75 Å². The van der Waals surface area contributed by atoms with Gasteiger partial charge in [-0.2, -0.15) is 0 Å². The summed E-state index contributed by atoms with van der Waals surface area (Å²) in [7, 11) is 0. The molecule has 2 aromatic carbocycles. The molecule has 0 atom stereocenters. The van der Waals surface area contributed by atoms with Gasteiger partial charge in [-0.05, 0) is 69.0 Å². The lowest BCUT2D eigenvalue weighted by atomic mass is 10.1. The van der Waals surface area contributed by atoms with Crippen LogP contribution in [0.4, 0.5) is 4.79 Å². The van der Waals surface area contributed by atoms with Crippen molar-refractivity contribution in [1.29, 1.82) is 0 Å². The maximum Gasteiger partial charge on any atom is 0.410 e. The van der Waals surface area contributed by atoms with Crippen LogP contribution in [0.15, 0.2) is 42.5 Å². The van der Waals surface area contributed by atoms with E-state index < -0.39 is 5.60 Å². The van der Waals surface area contributed by atoms with Crippen molar-refractivity contribution in [3.63, 3.8) is 0 Å². The van der Waals surface area contributed by atoms with Crippen LogP contribution < -0.4 is 4.74 Å². The minimum Gasteiger partial charge on any atom is -0.493 e. The Kier molecular flexibility index (Phi) is 7.60. The summed E-state index contributed by atoms with van der Waals surface area (Å²) in [5.41, 5.74) is 4.59. The molecule has 1 amide bonds. The topological polar surface area (TPSA) is 42.0 Å². The third-order valence-electron chi connectivity index (χ3n) is 5.31. The Morgan fingerprint density at radius 2 is 1.48 bits per heavy atom. The van der Waals surface area contributed by atoms with E-state index in [9.17, 15) is 4.79 Å². The summed E-state index contributed by atoms with van der Waals surface area (Å²) in [6.45, 7) is 14.6. The maximum absolute atomic E-state index is 12.2. The molecule has 0 unspecified atom stereocenters. The lowest BCUT2D eigenvalue weighted by Gasteiger charge is -2.35. The zero-order valence-electron chi connectivity index (χ0n) is 19.6. The highest BCUT2D eigenvalue weighted by atomic mass is 16.6. The molecule has 3 rings (SSSR count). The Morgan fingerprint density at radius 1 is 0.903 bits per heavy atom. The summed E-state index contributed by atoms with van der Waals surface area (Å²) in [4.78, 5) is 16.4. The fourth-order valence-corrected chi connectivity index (χ4v) is 3.79. The highest BCUT2D eigenvalue weighted by Gasteiger charge is 2.25. The summed E-state index contributed by atoms with van der Waals surface area (Å²) in [6, 6.07) is 15.1. The predicted octanol–water partition coefficient (Wildman–Crippen LogP) is 4.98. The van der Waals surface area contributed by atoms with Gasteiger partial charge in [-0.3, -0.25) is 4.90 Å². The molecule has 0 aromatic heterocycles. The molecule has 1 saturated heterocycles. The van der Waals surface area contributed by atoms with Crippen LogP contribution in [0.2, 0.25) is 0 Å². The van der Waals surface area contributed by atoms with Gasteiger partial charge in [-0.25, -0.2) is 4.79 Å². The average molecular weight is 425 g/mol. The second-order valence-corrected chi connectivity index (χ2v) is 9.48. The zero-order valence-corrected chi connectivity index (χ0v) is 19.6. The van der Waals surface area contributed by atoms with Crippen molar-refractivity contribution >= 4 is 6.09 Å². The molecule has 0 radical (unpaired) electrons. The van der Waals surface area contributed by atoms with Gasteiger partial charge in [0.1, 0.15) is 11.4 Å². The van der Waals surface area contributed by atoms with E-state index in [4.69, 9.17) is 9.47 Å². The van der Waals surface area contributed by atoms with E-state index in [-0.39, 0.29) is 6.09 Å². The van der Waals surface area contributed by atoms with E-state index in [0.29, 0.717) is 19.7 Å². The van der Waals surface area contributed by atoms with Crippen molar-refractivity contribution in [3.05, 3.63) is 64.7 Å². The van der Waals surface area contributed by atoms with Gasteiger partial charge in [0, 0.05) is 39.1 Å². The fraction of sp³-hybridized carbons (Fsp3) is 0.500. The first-order valence-corrected chi connectivity index (χ1v) is 11.2. The van der Waals surface area contributed by atoms with E-state index >= 15 is 0 Å². The maximum atomic E-state index is 12.2. The Labute approximate surface area is 187 Å². The van der Waals surface area contributed by atoms with E-state index in [1.54, 1.807) is 4.90 Å². The molecule has 5 heteroatoms. The number of piperazine rings is 1. The van der Waals surface area contributed by atoms with Crippen molar-refractivity contribution in [3.8, 4) is 5.75 Å². The van der Waals surface area contributed by atoms with Gasteiger partial charge in [0.25, 0.3) is 0 Å². The first-order chi connectivity index (χ1) is 14.7. The minimum absolute atomic E-state index is 0.209. The molecule has 1 heterocycles. The van der Waals surface area contributed by atoms with Crippen molar-refractivity contribution in [1.82, 2.24) is 9.80 Å². The molecule has 5 nitrogen and oxygen atoms in total. The fourth-order valence-electron chi connectivity index (χ4n) is 3.79. The van der Waals surface area contributed by atoms with Gasteiger partial charge in [-0.15, -0.1) is 0 Å². The predicted molar refractivity (Wildman–Crippen MR) is 125 cm³/mol. The van der Waals surface area contributed by atoms with Crippen LogP contribution in [0.25, 0.3) is 0 Å². The van der Waals surface area contributed by atoms with Gasteiger partial charge in [0.05, 0.1) is 6.61 Å². The number of nitrogens with zero attached hydrogens (tertiary/aromatic N) is 2. The molecule has 1 aliphatic heterocycles. The molecule has 0 spiro atoms. The van der Waals surface area contributed by atoms with Crippen LogP contribution in [-0.4, -0.2) is 54.3 Å². The van der Waals surface area contributed by atoms with Crippen LogP contribution >= 0.6 is 0 Å². The second kappa shape index (κ2) is 10.2. The Hall–Kier alpha value is -2.53. The summed E-state index contributed by atoms with van der Waals surface area (Å²) < 4.78 is 11.4. The second-order valence-electron chi connectivity index (χ2n) is 9.48. The summed E-state index contributed by atoms with van der Waals surface area (Å²) in [6.07, 6.45) is 0.682. The highest BCUT2D eigenvalue weighted by molar-refractivity contribution is 5.68. The number of rotatable bonds is 6. The summed E-state index contributed by atoms with van der Waals surface area (Å²) in [5.74, 6) is 0.944. The van der Waals surface area contributed by atoms with Crippen molar-refractivity contribution in [2.24, 2.45) is 0 Å². The molecule has 0 aliphatic carbocycles. The molecule has 31 heavy (non-hydrogen) atoms. The van der Waals surface area contributed by atoms with E-state index in [0.717, 1.165) is 31.8 Å². The normalized spacial score (nSPS) is 15.1. The van der Waals surface area contributed by atoms with Gasteiger partial charge < -0.3 is 14.4 Å². The van der Waals surface area contributed by atoms with Gasteiger partial charge in [0.15, 0.2) is 0 Å². The molecule has 1 fully saturated rings. The molecular formula is C26H36N2O3. The highest BCUT2D eigenvalue weighted by Crippen LogP contribution is 2.17. The SMILES string of the molecule is Cc1cc(C)cc(OCCc2ccc(CN3CCN(C(=O)OC(C)(C)C)CC3)cc2)c1. The van der Waals surface area contributed by atoms with E-state index in [1.165, 1.54) is 22.3 Å². The molecule has 0 bridgehead atoms. The summed E-state index contributed by atoms with van der Waals surface area (Å²) >= 11 is 0. The minimum atomic E-state index is -0.444. The van der Waals surface area contributed by atoms with Gasteiger partial charge in [-0.1, -0.05) is 30.3 Å². The molecule has 1 aliphatic rings. The Bertz CT molecular complexity index is 843. The van der Waals surface area contributed by atoms with E-state index in [2.05, 4.69) is 61.2 Å². The van der Waals surface area contributed by atoms with Crippen LogP contribution in [0.1, 0.15) is 43.0 Å². The molecular weight excluding hydrogens is 388 g/mol. The number of ether oxygens (including phenoxy) is 2. The van der Waals surface area contributed by atoms with Crippen molar-refractivity contribution in [2.45, 2.75) is 53.2 Å². The lowest BCUT2D eigenvalue weighted by molar-refractivity contribution is 0.0139. The van der Waals surface area contributed by atoms with Gasteiger partial charge >= 0.3 is 6.09 Å². The Balaban J connectivity index is 1.41. The van der Waals surface area contributed by atoms with Crippen molar-refractivity contribution in [2.75, 3.05) is 32.8 Å². The molecule has 0 saturated carbocycles. The van der Waals surface area contributed by atoms with Crippen molar-refractivity contribution < 1.29 is 14.3 Å². The van der Waals surface area contributed by atoms with Gasteiger partial charge in [0.2, 0.25) is 0 Å². The monoisotopic (exact) mass is 424 g/mol. The number of amides is 1. The summed E-state index contributed by atoms with van der Waals surface area (Å²) in [5, 5.41) is 0. The first kappa shape index (κ1) is 23.1. The molecule has 2 aromatic rings. The number of carbonyl (C=O) groups excluding carboxylic acids is 1.